The number of rotatable bonds is 64. The van der Waals surface area contributed by atoms with Gasteiger partial charge in [-0.05, 0) is 122 Å². The number of esters is 3. The van der Waals surface area contributed by atoms with Crippen LogP contribution >= 0.6 is 0 Å². The average molecular weight is 1140 g/mol. The maximum absolute atomic E-state index is 13.0. The summed E-state index contributed by atoms with van der Waals surface area (Å²) in [5.74, 6) is -0.885. The van der Waals surface area contributed by atoms with E-state index >= 15 is 0 Å². The van der Waals surface area contributed by atoms with Crippen LogP contribution in [0.1, 0.15) is 348 Å². The minimum Gasteiger partial charge on any atom is -0.462 e. The number of allylic oxidation sites excluding steroid dienone is 16. The van der Waals surface area contributed by atoms with Crippen molar-refractivity contribution in [3.8, 4) is 0 Å². The lowest BCUT2D eigenvalue weighted by atomic mass is 10.0. The summed E-state index contributed by atoms with van der Waals surface area (Å²) in [6.07, 6.45) is 94.3. The van der Waals surface area contributed by atoms with Gasteiger partial charge in [0.15, 0.2) is 6.10 Å². The highest BCUT2D eigenvalue weighted by atomic mass is 16.6. The second-order valence-corrected chi connectivity index (χ2v) is 23.4. The molecule has 0 aromatic heterocycles. The first-order chi connectivity index (χ1) is 40.5. The van der Waals surface area contributed by atoms with Gasteiger partial charge in [0.1, 0.15) is 13.2 Å². The van der Waals surface area contributed by atoms with E-state index in [1.807, 2.05) is 0 Å². The molecule has 0 spiro atoms. The molecule has 0 radical (unpaired) electrons. The first-order valence-electron chi connectivity index (χ1n) is 35.2. The van der Waals surface area contributed by atoms with Gasteiger partial charge in [-0.3, -0.25) is 14.4 Å². The molecule has 82 heavy (non-hydrogen) atoms. The van der Waals surface area contributed by atoms with Gasteiger partial charge in [-0.2, -0.15) is 0 Å². The summed E-state index contributed by atoms with van der Waals surface area (Å²) < 4.78 is 17.0. The molecule has 0 N–H and O–H groups in total. The van der Waals surface area contributed by atoms with E-state index < -0.39 is 6.10 Å². The van der Waals surface area contributed by atoms with E-state index in [0.29, 0.717) is 19.3 Å². The number of ether oxygens (including phenoxy) is 3. The minimum atomic E-state index is -0.786. The molecule has 0 aromatic rings. The molecule has 0 aromatic carbocycles. The summed E-state index contributed by atoms with van der Waals surface area (Å²) in [6, 6.07) is 0. The Kier molecular flexibility index (Phi) is 66.7. The Balaban J connectivity index is 4.28. The van der Waals surface area contributed by atoms with Crippen LogP contribution in [0.25, 0.3) is 0 Å². The van der Waals surface area contributed by atoms with E-state index in [4.69, 9.17) is 14.2 Å². The van der Waals surface area contributed by atoms with E-state index in [2.05, 4.69) is 118 Å². The van der Waals surface area contributed by atoms with E-state index in [9.17, 15) is 14.4 Å². The SMILES string of the molecule is CC/C=C\C/C=C\C/C=C\C/C=C\C/C=C\C/C=C\CCCCCCCCCCC(=O)OCC(COC(=O)CCCCCCC/C=C\CCCCC)OC(=O)CCCCCCCCCCCCCCC/C=C\CCCCCCCCCC. The monoisotopic (exact) mass is 1140 g/mol. The van der Waals surface area contributed by atoms with Crippen molar-refractivity contribution in [2.24, 2.45) is 0 Å². The zero-order valence-electron chi connectivity index (χ0n) is 54.2. The Morgan fingerprint density at radius 3 is 0.780 bits per heavy atom. The van der Waals surface area contributed by atoms with Crippen LogP contribution in [0, 0.1) is 0 Å². The summed E-state index contributed by atoms with van der Waals surface area (Å²) in [4.78, 5) is 38.4. The summed E-state index contributed by atoms with van der Waals surface area (Å²) in [7, 11) is 0. The number of unbranched alkanes of at least 4 members (excludes halogenated alkanes) is 37. The van der Waals surface area contributed by atoms with Crippen molar-refractivity contribution in [1.29, 1.82) is 0 Å². The number of carbonyl (C=O) groups is 3. The van der Waals surface area contributed by atoms with E-state index in [0.717, 1.165) is 109 Å². The normalized spacial score (nSPS) is 12.7. The molecule has 6 heteroatoms. The van der Waals surface area contributed by atoms with Gasteiger partial charge in [0.25, 0.3) is 0 Å². The van der Waals surface area contributed by atoms with Gasteiger partial charge in [-0.25, -0.2) is 0 Å². The largest absolute Gasteiger partial charge is 0.462 e. The minimum absolute atomic E-state index is 0.0824. The molecule has 0 heterocycles. The summed E-state index contributed by atoms with van der Waals surface area (Å²) in [5.41, 5.74) is 0. The van der Waals surface area contributed by atoms with Crippen LogP contribution in [-0.2, 0) is 28.6 Å². The van der Waals surface area contributed by atoms with Crippen molar-refractivity contribution >= 4 is 17.9 Å². The van der Waals surface area contributed by atoms with Crippen LogP contribution in [0.15, 0.2) is 97.2 Å². The number of hydrogen-bond acceptors (Lipinski definition) is 6. The molecule has 0 saturated carbocycles. The predicted octanol–water partition coefficient (Wildman–Crippen LogP) is 24.4. The van der Waals surface area contributed by atoms with Crippen LogP contribution in [0.4, 0.5) is 0 Å². The van der Waals surface area contributed by atoms with Gasteiger partial charge < -0.3 is 14.2 Å². The Hall–Kier alpha value is -3.67. The molecule has 0 aliphatic heterocycles. The second-order valence-electron chi connectivity index (χ2n) is 23.4. The zero-order valence-corrected chi connectivity index (χ0v) is 54.2. The summed E-state index contributed by atoms with van der Waals surface area (Å²) >= 11 is 0. The van der Waals surface area contributed by atoms with Gasteiger partial charge in [0.2, 0.25) is 0 Å². The summed E-state index contributed by atoms with van der Waals surface area (Å²) in [6.45, 7) is 6.53. The lowest BCUT2D eigenvalue weighted by Gasteiger charge is -2.18. The topological polar surface area (TPSA) is 78.9 Å². The van der Waals surface area contributed by atoms with Gasteiger partial charge in [-0.15, -0.1) is 0 Å². The quantitative estimate of drug-likeness (QED) is 0.0261. The Morgan fingerprint density at radius 1 is 0.256 bits per heavy atom. The van der Waals surface area contributed by atoms with Gasteiger partial charge in [-0.1, -0.05) is 304 Å². The van der Waals surface area contributed by atoms with Crippen LogP contribution in [0.5, 0.6) is 0 Å². The second kappa shape index (κ2) is 69.8. The maximum atomic E-state index is 13.0. The first-order valence-corrected chi connectivity index (χ1v) is 35.2. The van der Waals surface area contributed by atoms with Gasteiger partial charge in [0.05, 0.1) is 0 Å². The smallest absolute Gasteiger partial charge is 0.306 e. The third-order valence-corrected chi connectivity index (χ3v) is 15.3. The van der Waals surface area contributed by atoms with Crippen LogP contribution in [0.3, 0.4) is 0 Å². The lowest BCUT2D eigenvalue weighted by Crippen LogP contribution is -2.30. The molecule has 0 fully saturated rings. The fourth-order valence-electron chi connectivity index (χ4n) is 10.0. The number of carbonyl (C=O) groups excluding carboxylic acids is 3. The Morgan fingerprint density at radius 2 is 0.476 bits per heavy atom. The fraction of sp³-hybridized carbons (Fsp3) is 0.750. The predicted molar refractivity (Wildman–Crippen MR) is 357 cm³/mol. The van der Waals surface area contributed by atoms with Gasteiger partial charge in [0, 0.05) is 19.3 Å². The van der Waals surface area contributed by atoms with E-state index in [-0.39, 0.29) is 31.1 Å². The molecule has 1 atom stereocenters. The molecule has 0 aliphatic carbocycles. The third-order valence-electron chi connectivity index (χ3n) is 15.3. The van der Waals surface area contributed by atoms with Crippen LogP contribution in [-0.4, -0.2) is 37.2 Å². The average Bonchev–Trinajstić information content (AvgIpc) is 3.47. The van der Waals surface area contributed by atoms with Crippen molar-refractivity contribution in [2.75, 3.05) is 13.2 Å². The molecule has 472 valence electrons. The van der Waals surface area contributed by atoms with Crippen molar-refractivity contribution in [1.82, 2.24) is 0 Å². The highest BCUT2D eigenvalue weighted by molar-refractivity contribution is 5.71. The van der Waals surface area contributed by atoms with E-state index in [1.54, 1.807) is 0 Å². The van der Waals surface area contributed by atoms with Crippen LogP contribution < -0.4 is 0 Å². The summed E-state index contributed by atoms with van der Waals surface area (Å²) in [5, 5.41) is 0. The lowest BCUT2D eigenvalue weighted by molar-refractivity contribution is -0.167. The van der Waals surface area contributed by atoms with E-state index in [1.165, 1.54) is 199 Å². The van der Waals surface area contributed by atoms with Crippen molar-refractivity contribution in [3.05, 3.63) is 97.2 Å². The molecule has 1 unspecified atom stereocenters. The molecule has 0 bridgehead atoms. The molecule has 6 nitrogen and oxygen atoms in total. The van der Waals surface area contributed by atoms with Crippen molar-refractivity contribution in [2.45, 2.75) is 354 Å². The van der Waals surface area contributed by atoms with Crippen molar-refractivity contribution < 1.29 is 28.6 Å². The van der Waals surface area contributed by atoms with Gasteiger partial charge >= 0.3 is 17.9 Å². The zero-order chi connectivity index (χ0) is 59.2. The molecular weight excluding hydrogens is 1010 g/mol. The number of hydrogen-bond donors (Lipinski definition) is 0. The molecule has 0 saturated heterocycles. The first kappa shape index (κ1) is 78.3. The Bertz CT molecular complexity index is 1590. The maximum Gasteiger partial charge on any atom is 0.306 e. The van der Waals surface area contributed by atoms with Crippen molar-refractivity contribution in [3.63, 3.8) is 0 Å². The highest BCUT2D eigenvalue weighted by Crippen LogP contribution is 2.17. The fourth-order valence-corrected chi connectivity index (χ4v) is 10.0. The molecule has 0 aliphatic rings. The molecule has 0 rings (SSSR count). The standard InChI is InChI=1S/C76H132O6/c1-4-7-10-13-16-19-22-25-27-29-31-33-35-37-38-40-41-43-45-47-49-51-54-57-60-63-66-69-75(78)81-72-73(71-80-74(77)68-65-62-59-56-53-24-21-18-15-12-9-6-3)82-76(79)70-67-64-61-58-55-52-50-48-46-44-42-39-36-34-32-30-28-26-23-20-17-14-11-8-5-2/h7,10,16,18-19,21,25,27,30-33,37-38,41,43,73H,4-6,8-9,11-15,17,20,22-24,26,28-29,34-36,39-40,42,44-72H2,1-3H3/b10-7-,19-16-,21-18-,27-25-,32-30-,33-31-,38-37-,43-41-. The Labute approximate surface area is 508 Å². The van der Waals surface area contributed by atoms with Crippen LogP contribution in [0.2, 0.25) is 0 Å². The third kappa shape index (κ3) is 67.1. The highest BCUT2D eigenvalue weighted by Gasteiger charge is 2.19. The molecule has 0 amide bonds. The molecular formula is C76H132O6.